The zero-order valence-corrected chi connectivity index (χ0v) is 22.7. The van der Waals surface area contributed by atoms with E-state index in [4.69, 9.17) is 9.57 Å². The molecule has 0 spiro atoms. The molecule has 8 nitrogen and oxygen atoms in total. The number of alkyl halides is 3. The Bertz CT molecular complexity index is 1400. The summed E-state index contributed by atoms with van der Waals surface area (Å²) in [5.74, 6) is -1.82. The molecular formula is C24H21BrF5N5O3S. The third-order valence-electron chi connectivity index (χ3n) is 6.55. The number of likely N-dealkylation sites (tertiary alicyclic amines) is 1. The van der Waals surface area contributed by atoms with E-state index >= 15 is 0 Å². The van der Waals surface area contributed by atoms with E-state index in [1.54, 1.807) is 4.90 Å². The van der Waals surface area contributed by atoms with Crippen LogP contribution in [-0.2, 0) is 22.9 Å². The number of oxime groups is 1. The topological polar surface area (TPSA) is 81.8 Å². The maximum Gasteiger partial charge on any atom is 0.436 e. The molecule has 3 aromatic rings. The van der Waals surface area contributed by atoms with Crippen molar-refractivity contribution in [2.45, 2.75) is 37.5 Å². The molecule has 208 valence electrons. The predicted octanol–water partition coefficient (Wildman–Crippen LogP) is 5.59. The van der Waals surface area contributed by atoms with Crippen molar-refractivity contribution in [2.24, 2.45) is 12.2 Å². The van der Waals surface area contributed by atoms with Gasteiger partial charge in [0.25, 0.3) is 5.91 Å². The molecule has 4 heterocycles. The summed E-state index contributed by atoms with van der Waals surface area (Å²) >= 11 is 4.30. The molecule has 15 heteroatoms. The summed E-state index contributed by atoms with van der Waals surface area (Å²) in [6.07, 6.45) is -4.06. The first-order valence-corrected chi connectivity index (χ1v) is 13.5. The monoisotopic (exact) mass is 633 g/mol. The van der Waals surface area contributed by atoms with Crippen molar-refractivity contribution < 1.29 is 36.3 Å². The molecule has 0 N–H and O–H groups in total. The third-order valence-corrected chi connectivity index (χ3v) is 8.27. The van der Waals surface area contributed by atoms with E-state index in [2.05, 4.69) is 31.2 Å². The minimum Gasteiger partial charge on any atom is -0.467 e. The standard InChI is InChI=1S/C24H21BrF5N5O3S/c1-34-23(20(25)21(32-34)24(28,29)30)37-10-18(36)35-7-5-12(6-8-35)22-31-16(11-39-22)15-9-17(38-33-15)19-13(26)3-2-4-14(19)27/h2-4,11-12,17H,5-10H2,1H3. The van der Waals surface area contributed by atoms with Gasteiger partial charge in [-0.25, -0.2) is 18.4 Å². The van der Waals surface area contributed by atoms with Gasteiger partial charge in [0.1, 0.15) is 21.8 Å². The van der Waals surface area contributed by atoms with Crippen LogP contribution >= 0.6 is 27.3 Å². The maximum absolute atomic E-state index is 14.1. The quantitative estimate of drug-likeness (QED) is 0.331. The molecule has 2 aromatic heterocycles. The van der Waals surface area contributed by atoms with Crippen molar-refractivity contribution in [2.75, 3.05) is 19.7 Å². The van der Waals surface area contributed by atoms with Crippen molar-refractivity contribution in [3.63, 3.8) is 0 Å². The third kappa shape index (κ3) is 5.64. The molecule has 0 radical (unpaired) electrons. The van der Waals surface area contributed by atoms with Gasteiger partial charge in [0, 0.05) is 37.9 Å². The van der Waals surface area contributed by atoms with E-state index in [0.29, 0.717) is 37.3 Å². The molecule has 1 fully saturated rings. The van der Waals surface area contributed by atoms with Crippen molar-refractivity contribution in [1.82, 2.24) is 19.7 Å². The van der Waals surface area contributed by atoms with Crippen LogP contribution in [0.25, 0.3) is 0 Å². The summed E-state index contributed by atoms with van der Waals surface area (Å²) in [5.41, 5.74) is -0.198. The number of rotatable bonds is 6. The average molecular weight is 634 g/mol. The fourth-order valence-electron chi connectivity index (χ4n) is 4.53. The van der Waals surface area contributed by atoms with E-state index in [9.17, 15) is 26.7 Å². The number of aromatic nitrogens is 3. The second-order valence-electron chi connectivity index (χ2n) is 9.08. The highest BCUT2D eigenvalue weighted by Gasteiger charge is 2.39. The van der Waals surface area contributed by atoms with Crippen LogP contribution in [0, 0.1) is 11.6 Å². The number of aryl methyl sites for hydroxylation is 1. The van der Waals surface area contributed by atoms with Crippen LogP contribution in [0.15, 0.2) is 33.2 Å². The molecule has 1 atom stereocenters. The lowest BCUT2D eigenvalue weighted by atomic mass is 9.97. The smallest absolute Gasteiger partial charge is 0.436 e. The van der Waals surface area contributed by atoms with Crippen molar-refractivity contribution >= 4 is 38.9 Å². The Labute approximate surface area is 231 Å². The SMILES string of the molecule is Cn1nc(C(F)(F)F)c(Br)c1OCC(=O)N1CCC(c2nc(C3=NOC(c4c(F)cccc4F)C3)cs2)CC1. The summed E-state index contributed by atoms with van der Waals surface area (Å²) in [6, 6.07) is 3.63. The summed E-state index contributed by atoms with van der Waals surface area (Å²) in [4.78, 5) is 24.2. The van der Waals surface area contributed by atoms with E-state index in [1.807, 2.05) is 5.38 Å². The first kappa shape index (κ1) is 27.5. The fourth-order valence-corrected chi connectivity index (χ4v) is 6.20. The molecule has 1 amide bonds. The number of nitrogens with zero attached hydrogens (tertiary/aromatic N) is 5. The van der Waals surface area contributed by atoms with E-state index in [0.717, 1.165) is 9.69 Å². The number of halogens is 6. The van der Waals surface area contributed by atoms with Crippen LogP contribution in [0.5, 0.6) is 5.88 Å². The molecule has 1 saturated heterocycles. The van der Waals surface area contributed by atoms with Gasteiger partial charge < -0.3 is 14.5 Å². The van der Waals surface area contributed by atoms with Gasteiger partial charge in [-0.05, 0) is 40.9 Å². The highest BCUT2D eigenvalue weighted by atomic mass is 79.9. The minimum absolute atomic E-state index is 0.0945. The van der Waals surface area contributed by atoms with Crippen LogP contribution < -0.4 is 4.74 Å². The Hall–Kier alpha value is -3.07. The molecule has 0 aliphatic carbocycles. The summed E-state index contributed by atoms with van der Waals surface area (Å²) in [6.45, 7) is 0.437. The van der Waals surface area contributed by atoms with Gasteiger partial charge in [-0.1, -0.05) is 11.2 Å². The molecule has 0 saturated carbocycles. The number of piperidine rings is 1. The van der Waals surface area contributed by atoms with Crippen molar-refractivity contribution in [1.29, 1.82) is 0 Å². The second kappa shape index (κ2) is 10.8. The van der Waals surface area contributed by atoms with E-state index in [1.165, 1.54) is 36.6 Å². The molecule has 39 heavy (non-hydrogen) atoms. The summed E-state index contributed by atoms with van der Waals surface area (Å²) in [5, 5.41) is 10.1. The summed E-state index contributed by atoms with van der Waals surface area (Å²) < 4.78 is 73.3. The Morgan fingerprint density at radius 1 is 1.23 bits per heavy atom. The zero-order valence-electron chi connectivity index (χ0n) is 20.3. The second-order valence-corrected chi connectivity index (χ2v) is 10.8. The number of hydrogen-bond donors (Lipinski definition) is 0. The Morgan fingerprint density at radius 2 is 1.92 bits per heavy atom. The largest absolute Gasteiger partial charge is 0.467 e. The van der Waals surface area contributed by atoms with E-state index in [-0.39, 0.29) is 34.2 Å². The first-order valence-electron chi connectivity index (χ1n) is 11.9. The molecule has 5 rings (SSSR count). The lowest BCUT2D eigenvalue weighted by Gasteiger charge is -2.31. The van der Waals surface area contributed by atoms with Gasteiger partial charge >= 0.3 is 6.18 Å². The van der Waals surface area contributed by atoms with Gasteiger partial charge in [-0.3, -0.25) is 4.79 Å². The lowest BCUT2D eigenvalue weighted by Crippen LogP contribution is -2.40. The van der Waals surface area contributed by atoms with E-state index < -0.39 is 36.2 Å². The van der Waals surface area contributed by atoms with Gasteiger partial charge in [-0.15, -0.1) is 11.3 Å². The van der Waals surface area contributed by atoms with Crippen LogP contribution in [0.2, 0.25) is 0 Å². The fraction of sp³-hybridized carbons (Fsp3) is 0.417. The van der Waals surface area contributed by atoms with Crippen LogP contribution in [0.4, 0.5) is 22.0 Å². The Morgan fingerprint density at radius 3 is 2.56 bits per heavy atom. The highest BCUT2D eigenvalue weighted by molar-refractivity contribution is 9.10. The normalized spacial score (nSPS) is 18.3. The molecule has 1 unspecified atom stereocenters. The highest BCUT2D eigenvalue weighted by Crippen LogP contribution is 2.39. The zero-order chi connectivity index (χ0) is 27.9. The van der Waals surface area contributed by atoms with Crippen LogP contribution in [-0.4, -0.2) is 51.0 Å². The first-order chi connectivity index (χ1) is 18.5. The number of ether oxygens (including phenoxy) is 1. The predicted molar refractivity (Wildman–Crippen MR) is 133 cm³/mol. The van der Waals surface area contributed by atoms with Gasteiger partial charge in [-0.2, -0.15) is 18.3 Å². The number of carbonyl (C=O) groups excluding carboxylic acids is 1. The number of carbonyl (C=O) groups is 1. The molecule has 1 aromatic carbocycles. The number of hydrogen-bond acceptors (Lipinski definition) is 7. The van der Waals surface area contributed by atoms with Crippen LogP contribution in [0.3, 0.4) is 0 Å². The minimum atomic E-state index is -4.66. The van der Waals surface area contributed by atoms with Gasteiger partial charge in [0.05, 0.1) is 16.3 Å². The van der Waals surface area contributed by atoms with Gasteiger partial charge in [0.2, 0.25) is 5.88 Å². The molecular weight excluding hydrogens is 613 g/mol. The average Bonchev–Trinajstić information content (AvgIpc) is 3.62. The summed E-state index contributed by atoms with van der Waals surface area (Å²) in [7, 11) is 1.30. The number of amides is 1. The van der Waals surface area contributed by atoms with Gasteiger partial charge in [0.15, 0.2) is 18.4 Å². The number of thiazole rings is 1. The molecule has 2 aliphatic heterocycles. The maximum atomic E-state index is 14.1. The number of benzene rings is 1. The molecule has 2 aliphatic rings. The van der Waals surface area contributed by atoms with Crippen LogP contribution in [0.1, 0.15) is 53.2 Å². The van der Waals surface area contributed by atoms with Crippen molar-refractivity contribution in [3.8, 4) is 5.88 Å². The Balaban J connectivity index is 1.14. The molecule has 0 bridgehead atoms. The Kier molecular flexibility index (Phi) is 7.64. The van der Waals surface area contributed by atoms with Crippen molar-refractivity contribution in [3.05, 3.63) is 61.6 Å². The lowest BCUT2D eigenvalue weighted by molar-refractivity contribution is -0.142.